The monoisotopic (exact) mass is 384 g/mol. The van der Waals surface area contributed by atoms with E-state index in [0.717, 1.165) is 19.3 Å². The van der Waals surface area contributed by atoms with Gasteiger partial charge in [0.2, 0.25) is 0 Å². The maximum absolute atomic E-state index is 11.8. The van der Waals surface area contributed by atoms with Gasteiger partial charge in [0.05, 0.1) is 38.8 Å². The van der Waals surface area contributed by atoms with E-state index >= 15 is 0 Å². The molecule has 27 heavy (non-hydrogen) atoms. The van der Waals surface area contributed by atoms with Crippen LogP contribution in [-0.2, 0) is 23.8 Å². The highest BCUT2D eigenvalue weighted by atomic mass is 16.6. The molecule has 6 nitrogen and oxygen atoms in total. The Kier molecular flexibility index (Phi) is 17.9. The van der Waals surface area contributed by atoms with Crippen molar-refractivity contribution < 1.29 is 28.9 Å². The Hall–Kier alpha value is -1.66. The van der Waals surface area contributed by atoms with Crippen LogP contribution in [0.3, 0.4) is 0 Å². The number of hydrogen-bond acceptors (Lipinski definition) is 5. The number of aliphatic carboxylic acids is 1. The predicted molar refractivity (Wildman–Crippen MR) is 106 cm³/mol. The standard InChI is InChI=1S/C21H36O6/c1-3-5-6-7-8-9-10-11-12-19(21(23)24)18-20(22)27-17-16-26-15-14-25-13-4-2/h4,11-12,19H,2-3,5-10,13-18H2,1H3,(H,23,24)/b12-11+. The molecule has 0 heterocycles. The summed E-state index contributed by atoms with van der Waals surface area (Å²) < 4.78 is 15.4. The van der Waals surface area contributed by atoms with Gasteiger partial charge in [0.25, 0.3) is 0 Å². The van der Waals surface area contributed by atoms with Gasteiger partial charge in [0.15, 0.2) is 0 Å². The number of rotatable bonds is 19. The third-order valence-corrected chi connectivity index (χ3v) is 3.89. The number of esters is 1. The molecule has 0 aromatic rings. The van der Waals surface area contributed by atoms with Gasteiger partial charge in [-0.05, 0) is 12.8 Å². The Labute approximate surface area is 163 Å². The molecule has 0 amide bonds. The fraction of sp³-hybridized carbons (Fsp3) is 0.714. The zero-order valence-electron chi connectivity index (χ0n) is 16.7. The highest BCUT2D eigenvalue weighted by molar-refractivity contribution is 5.80. The van der Waals surface area contributed by atoms with Gasteiger partial charge < -0.3 is 19.3 Å². The van der Waals surface area contributed by atoms with Crippen molar-refractivity contribution in [1.29, 1.82) is 0 Å². The van der Waals surface area contributed by atoms with E-state index in [4.69, 9.17) is 14.2 Å². The zero-order valence-corrected chi connectivity index (χ0v) is 16.7. The van der Waals surface area contributed by atoms with Crippen molar-refractivity contribution >= 4 is 11.9 Å². The van der Waals surface area contributed by atoms with Crippen LogP contribution in [-0.4, -0.2) is 50.1 Å². The van der Waals surface area contributed by atoms with Crippen LogP contribution in [0.15, 0.2) is 24.8 Å². The van der Waals surface area contributed by atoms with Crippen molar-refractivity contribution in [1.82, 2.24) is 0 Å². The third kappa shape index (κ3) is 17.5. The summed E-state index contributed by atoms with van der Waals surface area (Å²) in [5.41, 5.74) is 0. The quantitative estimate of drug-likeness (QED) is 0.205. The molecular weight excluding hydrogens is 348 g/mol. The highest BCUT2D eigenvalue weighted by Gasteiger charge is 2.19. The molecule has 1 unspecified atom stereocenters. The van der Waals surface area contributed by atoms with Gasteiger partial charge in [0, 0.05) is 0 Å². The van der Waals surface area contributed by atoms with Gasteiger partial charge in [-0.1, -0.05) is 57.3 Å². The molecule has 0 radical (unpaired) electrons. The van der Waals surface area contributed by atoms with Crippen LogP contribution in [0, 0.1) is 5.92 Å². The van der Waals surface area contributed by atoms with Gasteiger partial charge in [-0.2, -0.15) is 0 Å². The molecule has 1 N–H and O–H groups in total. The number of unbranched alkanes of at least 4 members (excludes halogenated alkanes) is 6. The SMILES string of the molecule is C=CCOCCOCCOC(=O)CC(/C=C/CCCCCCCC)C(=O)O. The van der Waals surface area contributed by atoms with Gasteiger partial charge in [0.1, 0.15) is 6.61 Å². The lowest BCUT2D eigenvalue weighted by molar-refractivity contribution is -0.151. The van der Waals surface area contributed by atoms with Gasteiger partial charge in [-0.15, -0.1) is 6.58 Å². The average Bonchev–Trinajstić information content (AvgIpc) is 2.64. The summed E-state index contributed by atoms with van der Waals surface area (Å²) in [6, 6.07) is 0. The minimum Gasteiger partial charge on any atom is -0.481 e. The second-order valence-electron chi connectivity index (χ2n) is 6.33. The first-order chi connectivity index (χ1) is 13.1. The lowest BCUT2D eigenvalue weighted by atomic mass is 10.0. The van der Waals surface area contributed by atoms with Crippen LogP contribution in [0.25, 0.3) is 0 Å². The Morgan fingerprint density at radius 3 is 2.37 bits per heavy atom. The van der Waals surface area contributed by atoms with Crippen LogP contribution < -0.4 is 0 Å². The number of carbonyl (C=O) groups excluding carboxylic acids is 1. The summed E-state index contributed by atoms with van der Waals surface area (Å²) in [5.74, 6) is -2.38. The lowest BCUT2D eigenvalue weighted by Gasteiger charge is -2.09. The van der Waals surface area contributed by atoms with E-state index in [-0.39, 0.29) is 19.6 Å². The van der Waals surface area contributed by atoms with E-state index in [9.17, 15) is 14.7 Å². The second kappa shape index (κ2) is 19.1. The van der Waals surface area contributed by atoms with Crippen molar-refractivity contribution in [2.45, 2.75) is 58.3 Å². The molecule has 0 rings (SSSR count). The molecule has 0 saturated heterocycles. The van der Waals surface area contributed by atoms with Crippen molar-refractivity contribution in [3.63, 3.8) is 0 Å². The second-order valence-corrected chi connectivity index (χ2v) is 6.33. The van der Waals surface area contributed by atoms with E-state index in [2.05, 4.69) is 13.5 Å². The Morgan fingerprint density at radius 2 is 1.67 bits per heavy atom. The van der Waals surface area contributed by atoms with E-state index in [1.165, 1.54) is 25.7 Å². The van der Waals surface area contributed by atoms with Crippen LogP contribution >= 0.6 is 0 Å². The maximum atomic E-state index is 11.8. The number of carboxylic acids is 1. The summed E-state index contributed by atoms with van der Waals surface area (Å²) in [6.07, 6.45) is 13.0. The van der Waals surface area contributed by atoms with Crippen molar-refractivity contribution in [3.05, 3.63) is 24.8 Å². The number of carbonyl (C=O) groups is 2. The molecule has 0 aliphatic heterocycles. The first kappa shape index (κ1) is 25.3. The van der Waals surface area contributed by atoms with E-state index in [0.29, 0.717) is 19.8 Å². The van der Waals surface area contributed by atoms with E-state index in [1.54, 1.807) is 12.2 Å². The summed E-state index contributed by atoms with van der Waals surface area (Å²) in [7, 11) is 0. The molecule has 1 atom stereocenters. The molecule has 0 spiro atoms. The maximum Gasteiger partial charge on any atom is 0.310 e. The normalized spacial score (nSPS) is 12.2. The minimum absolute atomic E-state index is 0.105. The number of allylic oxidation sites excluding steroid dienone is 1. The van der Waals surface area contributed by atoms with E-state index in [1.807, 2.05) is 6.08 Å². The molecule has 0 aromatic heterocycles. The largest absolute Gasteiger partial charge is 0.481 e. The molecule has 0 aromatic carbocycles. The number of ether oxygens (including phenoxy) is 3. The fourth-order valence-corrected chi connectivity index (χ4v) is 2.38. The fourth-order valence-electron chi connectivity index (χ4n) is 2.38. The highest BCUT2D eigenvalue weighted by Crippen LogP contribution is 2.11. The third-order valence-electron chi connectivity index (χ3n) is 3.89. The summed E-state index contributed by atoms with van der Waals surface area (Å²) in [6.45, 7) is 7.42. The van der Waals surface area contributed by atoms with Crippen LogP contribution in [0.4, 0.5) is 0 Å². The number of hydrogen-bond donors (Lipinski definition) is 1. The molecule has 6 heteroatoms. The van der Waals surface area contributed by atoms with Gasteiger partial charge in [-0.3, -0.25) is 9.59 Å². The molecule has 0 aliphatic carbocycles. The Morgan fingerprint density at radius 1 is 1.00 bits per heavy atom. The molecule has 156 valence electrons. The van der Waals surface area contributed by atoms with E-state index < -0.39 is 17.9 Å². The smallest absolute Gasteiger partial charge is 0.310 e. The molecular formula is C21H36O6. The Bertz CT molecular complexity index is 419. The number of carboxylic acid groups (broad SMARTS) is 1. The molecule has 0 fully saturated rings. The van der Waals surface area contributed by atoms with Crippen LogP contribution in [0.5, 0.6) is 0 Å². The average molecular weight is 385 g/mol. The zero-order chi connectivity index (χ0) is 20.2. The van der Waals surface area contributed by atoms with Crippen molar-refractivity contribution in [3.8, 4) is 0 Å². The first-order valence-corrected chi connectivity index (χ1v) is 9.93. The molecule has 0 saturated carbocycles. The first-order valence-electron chi connectivity index (χ1n) is 9.93. The summed E-state index contributed by atoms with van der Waals surface area (Å²) in [5, 5.41) is 9.23. The van der Waals surface area contributed by atoms with Gasteiger partial charge >= 0.3 is 11.9 Å². The topological polar surface area (TPSA) is 82.1 Å². The van der Waals surface area contributed by atoms with Crippen LogP contribution in [0.2, 0.25) is 0 Å². The van der Waals surface area contributed by atoms with Crippen molar-refractivity contribution in [2.24, 2.45) is 5.92 Å². The molecule has 0 aliphatic rings. The van der Waals surface area contributed by atoms with Gasteiger partial charge in [-0.25, -0.2) is 0 Å². The Balaban J connectivity index is 3.82. The minimum atomic E-state index is -1.01. The molecule has 0 bridgehead atoms. The van der Waals surface area contributed by atoms with Crippen LogP contribution in [0.1, 0.15) is 58.3 Å². The van der Waals surface area contributed by atoms with Crippen molar-refractivity contribution in [2.75, 3.05) is 33.0 Å². The predicted octanol–water partition coefficient (Wildman–Crippen LogP) is 4.15. The summed E-state index contributed by atoms with van der Waals surface area (Å²) in [4.78, 5) is 23.0. The summed E-state index contributed by atoms with van der Waals surface area (Å²) >= 11 is 0. The lowest BCUT2D eigenvalue weighted by Crippen LogP contribution is -2.19.